The van der Waals surface area contributed by atoms with Gasteiger partial charge in [-0.3, -0.25) is 4.79 Å². The Balaban J connectivity index is 2.05. The molecule has 1 N–H and O–H groups in total. The van der Waals surface area contributed by atoms with Crippen LogP contribution in [0.1, 0.15) is 43.3 Å². The zero-order valence-electron chi connectivity index (χ0n) is 11.3. The van der Waals surface area contributed by atoms with Crippen molar-refractivity contribution < 1.29 is 13.9 Å². The van der Waals surface area contributed by atoms with Crippen LogP contribution in [0.3, 0.4) is 0 Å². The number of nitrogens with one attached hydrogen (secondary N) is 1. The molecule has 1 unspecified atom stereocenters. The molecule has 4 heteroatoms. The van der Waals surface area contributed by atoms with E-state index in [0.29, 0.717) is 18.8 Å². The van der Waals surface area contributed by atoms with Crippen LogP contribution in [0, 0.1) is 5.41 Å². The summed E-state index contributed by atoms with van der Waals surface area (Å²) in [7, 11) is 0. The molecule has 0 spiro atoms. The van der Waals surface area contributed by atoms with Crippen molar-refractivity contribution in [2.24, 2.45) is 5.41 Å². The molecule has 1 aromatic heterocycles. The van der Waals surface area contributed by atoms with Gasteiger partial charge in [0.05, 0.1) is 31.1 Å². The molecular weight excluding hydrogens is 230 g/mol. The number of hydrogen-bond donors (Lipinski definition) is 1. The van der Waals surface area contributed by atoms with Crippen molar-refractivity contribution >= 4 is 5.91 Å². The minimum absolute atomic E-state index is 0.00961. The van der Waals surface area contributed by atoms with Crippen molar-refractivity contribution in [2.45, 2.75) is 39.7 Å². The van der Waals surface area contributed by atoms with Gasteiger partial charge in [-0.15, -0.1) is 0 Å². The van der Waals surface area contributed by atoms with E-state index in [2.05, 4.69) is 26.1 Å². The second-order valence-corrected chi connectivity index (χ2v) is 5.54. The fourth-order valence-electron chi connectivity index (χ4n) is 2.20. The van der Waals surface area contributed by atoms with Gasteiger partial charge in [0.2, 0.25) is 0 Å². The Labute approximate surface area is 108 Å². The second-order valence-electron chi connectivity index (χ2n) is 5.54. The van der Waals surface area contributed by atoms with Gasteiger partial charge >= 0.3 is 0 Å². The highest BCUT2D eigenvalue weighted by atomic mass is 16.5. The molecule has 1 amide bonds. The third-order valence-corrected chi connectivity index (χ3v) is 3.47. The Kier molecular flexibility index (Phi) is 3.76. The molecule has 4 nitrogen and oxygen atoms in total. The number of rotatable bonds is 4. The smallest absolute Gasteiger partial charge is 0.255 e. The van der Waals surface area contributed by atoms with Crippen molar-refractivity contribution in [1.82, 2.24) is 5.32 Å². The molecule has 1 aliphatic heterocycles. The first-order valence-corrected chi connectivity index (χ1v) is 6.49. The number of carbonyl (C=O) groups is 1. The maximum atomic E-state index is 12.2. The number of hydrogen-bond acceptors (Lipinski definition) is 3. The summed E-state index contributed by atoms with van der Waals surface area (Å²) >= 11 is 0. The average molecular weight is 251 g/mol. The van der Waals surface area contributed by atoms with Crippen LogP contribution in [0.4, 0.5) is 0 Å². The summed E-state index contributed by atoms with van der Waals surface area (Å²) in [5.74, 6) is 0.711. The van der Waals surface area contributed by atoms with E-state index in [1.807, 2.05) is 0 Å². The first-order chi connectivity index (χ1) is 8.54. The SMILES string of the molecule is CCCc1occc1C(=O)NC1COCC1(C)C. The van der Waals surface area contributed by atoms with E-state index < -0.39 is 0 Å². The zero-order valence-corrected chi connectivity index (χ0v) is 11.3. The second kappa shape index (κ2) is 5.14. The molecule has 0 aliphatic carbocycles. The summed E-state index contributed by atoms with van der Waals surface area (Å²) in [4.78, 5) is 12.2. The number of furan rings is 1. The summed E-state index contributed by atoms with van der Waals surface area (Å²) in [5.41, 5.74) is 0.643. The van der Waals surface area contributed by atoms with Crippen LogP contribution in [0.25, 0.3) is 0 Å². The third kappa shape index (κ3) is 2.58. The maximum absolute atomic E-state index is 12.2. The highest BCUT2D eigenvalue weighted by Gasteiger charge is 2.37. The normalized spacial score (nSPS) is 22.1. The standard InChI is InChI=1S/C14H21NO3/c1-4-5-11-10(6-7-18-11)13(16)15-12-8-17-9-14(12,2)3/h6-7,12H,4-5,8-9H2,1-3H3,(H,15,16). The topological polar surface area (TPSA) is 51.5 Å². The molecule has 2 heterocycles. The molecular formula is C14H21NO3. The minimum Gasteiger partial charge on any atom is -0.469 e. The van der Waals surface area contributed by atoms with Gasteiger partial charge in [-0.25, -0.2) is 0 Å². The lowest BCUT2D eigenvalue weighted by Crippen LogP contribution is -2.44. The number of amides is 1. The van der Waals surface area contributed by atoms with Crippen LogP contribution in [-0.4, -0.2) is 25.2 Å². The molecule has 1 atom stereocenters. The minimum atomic E-state index is -0.0595. The first kappa shape index (κ1) is 13.1. The van der Waals surface area contributed by atoms with Crippen molar-refractivity contribution in [3.63, 3.8) is 0 Å². The summed E-state index contributed by atoms with van der Waals surface area (Å²) < 4.78 is 10.8. The van der Waals surface area contributed by atoms with Crippen LogP contribution < -0.4 is 5.32 Å². The average Bonchev–Trinajstić information content (AvgIpc) is 2.87. The fourth-order valence-corrected chi connectivity index (χ4v) is 2.20. The highest BCUT2D eigenvalue weighted by Crippen LogP contribution is 2.27. The van der Waals surface area contributed by atoms with Crippen LogP contribution >= 0.6 is 0 Å². The summed E-state index contributed by atoms with van der Waals surface area (Å²) in [6.07, 6.45) is 3.34. The van der Waals surface area contributed by atoms with Gasteiger partial charge in [0.1, 0.15) is 5.76 Å². The predicted octanol–water partition coefficient (Wildman–Crippen LogP) is 2.39. The highest BCUT2D eigenvalue weighted by molar-refractivity contribution is 5.95. The van der Waals surface area contributed by atoms with Gasteiger partial charge in [0.25, 0.3) is 5.91 Å². The van der Waals surface area contributed by atoms with Crippen LogP contribution in [0.2, 0.25) is 0 Å². The molecule has 18 heavy (non-hydrogen) atoms. The molecule has 2 rings (SSSR count). The van der Waals surface area contributed by atoms with Gasteiger partial charge in [0.15, 0.2) is 0 Å². The molecule has 0 bridgehead atoms. The Morgan fingerprint density at radius 1 is 1.56 bits per heavy atom. The third-order valence-electron chi connectivity index (χ3n) is 3.47. The predicted molar refractivity (Wildman–Crippen MR) is 68.6 cm³/mol. The van der Waals surface area contributed by atoms with Gasteiger partial charge in [-0.1, -0.05) is 20.8 Å². The molecule has 0 aromatic carbocycles. The summed E-state index contributed by atoms with van der Waals surface area (Å²) in [6, 6.07) is 1.80. The Morgan fingerprint density at radius 2 is 2.33 bits per heavy atom. The number of carbonyl (C=O) groups excluding carboxylic acids is 1. The lowest BCUT2D eigenvalue weighted by Gasteiger charge is -2.25. The Morgan fingerprint density at radius 3 is 2.94 bits per heavy atom. The van der Waals surface area contributed by atoms with E-state index in [0.717, 1.165) is 18.6 Å². The molecule has 1 aromatic rings. The van der Waals surface area contributed by atoms with Crippen molar-refractivity contribution in [2.75, 3.05) is 13.2 Å². The van der Waals surface area contributed by atoms with E-state index in [1.54, 1.807) is 12.3 Å². The monoisotopic (exact) mass is 251 g/mol. The largest absolute Gasteiger partial charge is 0.469 e. The van der Waals surface area contributed by atoms with Crippen LogP contribution in [-0.2, 0) is 11.2 Å². The molecule has 0 radical (unpaired) electrons. The van der Waals surface area contributed by atoms with E-state index in [9.17, 15) is 4.79 Å². The molecule has 1 aliphatic rings. The fraction of sp³-hybridized carbons (Fsp3) is 0.643. The summed E-state index contributed by atoms with van der Waals surface area (Å²) in [5, 5.41) is 3.05. The summed E-state index contributed by atoms with van der Waals surface area (Å²) in [6.45, 7) is 7.55. The quantitative estimate of drug-likeness (QED) is 0.894. The van der Waals surface area contributed by atoms with Crippen molar-refractivity contribution in [1.29, 1.82) is 0 Å². The maximum Gasteiger partial charge on any atom is 0.255 e. The lowest BCUT2D eigenvalue weighted by atomic mass is 9.88. The van der Waals surface area contributed by atoms with Gasteiger partial charge < -0.3 is 14.5 Å². The van der Waals surface area contributed by atoms with Gasteiger partial charge in [-0.05, 0) is 12.5 Å². The molecule has 1 saturated heterocycles. The zero-order chi connectivity index (χ0) is 13.2. The molecule has 0 saturated carbocycles. The van der Waals surface area contributed by atoms with E-state index in [4.69, 9.17) is 9.15 Å². The number of ether oxygens (including phenoxy) is 1. The number of aryl methyl sites for hydroxylation is 1. The van der Waals surface area contributed by atoms with Crippen molar-refractivity contribution in [3.8, 4) is 0 Å². The van der Waals surface area contributed by atoms with Crippen LogP contribution in [0.15, 0.2) is 16.7 Å². The van der Waals surface area contributed by atoms with E-state index in [-0.39, 0.29) is 17.4 Å². The Bertz CT molecular complexity index is 422. The van der Waals surface area contributed by atoms with Gasteiger partial charge in [0, 0.05) is 11.8 Å². The molecule has 100 valence electrons. The van der Waals surface area contributed by atoms with Gasteiger partial charge in [-0.2, -0.15) is 0 Å². The van der Waals surface area contributed by atoms with E-state index >= 15 is 0 Å². The Hall–Kier alpha value is -1.29. The van der Waals surface area contributed by atoms with Crippen molar-refractivity contribution in [3.05, 3.63) is 23.7 Å². The van der Waals surface area contributed by atoms with E-state index in [1.165, 1.54) is 0 Å². The lowest BCUT2D eigenvalue weighted by molar-refractivity contribution is 0.0913. The van der Waals surface area contributed by atoms with Crippen LogP contribution in [0.5, 0.6) is 0 Å². The molecule has 1 fully saturated rings. The first-order valence-electron chi connectivity index (χ1n) is 6.49.